The number of anilines is 1. The second-order valence-electron chi connectivity index (χ2n) is 5.33. The maximum absolute atomic E-state index is 12.2. The molecule has 1 aliphatic carbocycles. The fourth-order valence-corrected chi connectivity index (χ4v) is 3.50. The van der Waals surface area contributed by atoms with E-state index >= 15 is 0 Å². The molecular weight excluding hydrogens is 328 g/mol. The molecule has 6 nitrogen and oxygen atoms in total. The number of benzene rings is 1. The van der Waals surface area contributed by atoms with Crippen molar-refractivity contribution in [1.29, 1.82) is 0 Å². The molecule has 1 atom stereocenters. The van der Waals surface area contributed by atoms with Gasteiger partial charge in [0.15, 0.2) is 0 Å². The van der Waals surface area contributed by atoms with Crippen LogP contribution in [0.15, 0.2) is 18.2 Å². The molecule has 0 aromatic heterocycles. The van der Waals surface area contributed by atoms with Crippen molar-refractivity contribution in [2.45, 2.75) is 31.8 Å². The van der Waals surface area contributed by atoms with Crippen LogP contribution in [0.25, 0.3) is 0 Å². The number of hydrogen-bond acceptors (Lipinski definition) is 4. The standard InChI is InChI=1S/C14H19ClN2O4S/c1-9(14(18)16-11-5-6-11)17(22(3,19)20)12-8-10(15)4-7-13(12)21-2/h4,7-9,11H,5-6H2,1-3H3,(H,16,18). The zero-order valence-corrected chi connectivity index (χ0v) is 14.2. The molecule has 1 aromatic carbocycles. The van der Waals surface area contributed by atoms with Gasteiger partial charge in [0.2, 0.25) is 15.9 Å². The fourth-order valence-electron chi connectivity index (χ4n) is 2.17. The molecule has 1 saturated carbocycles. The highest BCUT2D eigenvalue weighted by Crippen LogP contribution is 2.34. The van der Waals surface area contributed by atoms with Gasteiger partial charge in [-0.25, -0.2) is 8.42 Å². The van der Waals surface area contributed by atoms with Crippen molar-refractivity contribution in [1.82, 2.24) is 5.32 Å². The van der Waals surface area contributed by atoms with Gasteiger partial charge in [0, 0.05) is 11.1 Å². The number of methoxy groups -OCH3 is 1. The Morgan fingerprint density at radius 2 is 2.09 bits per heavy atom. The van der Waals surface area contributed by atoms with Crippen molar-refractivity contribution in [3.05, 3.63) is 23.2 Å². The van der Waals surface area contributed by atoms with Crippen molar-refractivity contribution >= 4 is 33.2 Å². The first-order chi connectivity index (χ1) is 10.2. The minimum Gasteiger partial charge on any atom is -0.495 e. The molecule has 0 saturated heterocycles. The van der Waals surface area contributed by atoms with E-state index in [4.69, 9.17) is 16.3 Å². The van der Waals surface area contributed by atoms with E-state index in [1.807, 2.05) is 0 Å². The van der Waals surface area contributed by atoms with Crippen molar-refractivity contribution in [2.75, 3.05) is 17.7 Å². The third-order valence-electron chi connectivity index (χ3n) is 3.39. The molecule has 1 N–H and O–H groups in total. The molecule has 1 amide bonds. The lowest BCUT2D eigenvalue weighted by Crippen LogP contribution is -2.48. The molecule has 0 spiro atoms. The summed E-state index contributed by atoms with van der Waals surface area (Å²) in [6.07, 6.45) is 2.91. The quantitative estimate of drug-likeness (QED) is 0.852. The first-order valence-electron chi connectivity index (χ1n) is 6.87. The Morgan fingerprint density at radius 1 is 1.45 bits per heavy atom. The Kier molecular flexibility index (Phi) is 4.87. The zero-order chi connectivity index (χ0) is 16.5. The summed E-state index contributed by atoms with van der Waals surface area (Å²) in [4.78, 5) is 12.2. The Balaban J connectivity index is 2.42. The van der Waals surface area contributed by atoms with E-state index in [1.54, 1.807) is 19.1 Å². The van der Waals surface area contributed by atoms with Gasteiger partial charge in [-0.05, 0) is 38.0 Å². The molecule has 1 fully saturated rings. The summed E-state index contributed by atoms with van der Waals surface area (Å²) in [5, 5.41) is 3.17. The third kappa shape index (κ3) is 3.84. The van der Waals surface area contributed by atoms with Gasteiger partial charge in [-0.2, -0.15) is 0 Å². The predicted octanol–water partition coefficient (Wildman–Crippen LogP) is 1.78. The first-order valence-corrected chi connectivity index (χ1v) is 9.10. The molecule has 1 unspecified atom stereocenters. The Labute approximate surface area is 135 Å². The van der Waals surface area contributed by atoms with Crippen LogP contribution in [0.1, 0.15) is 19.8 Å². The van der Waals surface area contributed by atoms with Gasteiger partial charge in [0.05, 0.1) is 19.1 Å². The number of ether oxygens (including phenoxy) is 1. The zero-order valence-electron chi connectivity index (χ0n) is 12.7. The van der Waals surface area contributed by atoms with Gasteiger partial charge >= 0.3 is 0 Å². The van der Waals surface area contributed by atoms with Crippen LogP contribution in [0.3, 0.4) is 0 Å². The van der Waals surface area contributed by atoms with Crippen LogP contribution in [0, 0.1) is 0 Å². The molecule has 0 heterocycles. The van der Waals surface area contributed by atoms with Crippen LogP contribution in [0.4, 0.5) is 5.69 Å². The van der Waals surface area contributed by atoms with Gasteiger partial charge in [0.1, 0.15) is 11.8 Å². The molecule has 0 bridgehead atoms. The highest BCUT2D eigenvalue weighted by molar-refractivity contribution is 7.92. The second kappa shape index (κ2) is 6.34. The van der Waals surface area contributed by atoms with Gasteiger partial charge in [0.25, 0.3) is 0 Å². The summed E-state index contributed by atoms with van der Waals surface area (Å²) in [5.41, 5.74) is 0.246. The molecule has 8 heteroatoms. The van der Waals surface area contributed by atoms with Crippen LogP contribution in [-0.2, 0) is 14.8 Å². The van der Waals surface area contributed by atoms with Crippen LogP contribution >= 0.6 is 11.6 Å². The van der Waals surface area contributed by atoms with Crippen LogP contribution in [0.2, 0.25) is 5.02 Å². The average Bonchev–Trinajstić information content (AvgIpc) is 3.21. The highest BCUT2D eigenvalue weighted by atomic mass is 35.5. The summed E-state index contributed by atoms with van der Waals surface area (Å²) in [5.74, 6) is -0.00384. The maximum atomic E-state index is 12.2. The lowest BCUT2D eigenvalue weighted by molar-refractivity contribution is -0.121. The molecule has 122 valence electrons. The Bertz CT molecular complexity index is 673. The lowest BCUT2D eigenvalue weighted by Gasteiger charge is -2.29. The number of halogens is 1. The summed E-state index contributed by atoms with van der Waals surface area (Å²) < 4.78 is 30.7. The van der Waals surface area contributed by atoms with E-state index in [1.165, 1.54) is 13.2 Å². The molecular formula is C14H19ClN2O4S. The van der Waals surface area contributed by atoms with Crippen LogP contribution < -0.4 is 14.4 Å². The number of nitrogens with one attached hydrogen (secondary N) is 1. The van der Waals surface area contributed by atoms with Gasteiger partial charge in [-0.1, -0.05) is 11.6 Å². The molecule has 0 aliphatic heterocycles. The number of sulfonamides is 1. The summed E-state index contributed by atoms with van der Waals surface area (Å²) in [7, 11) is -2.26. The third-order valence-corrected chi connectivity index (χ3v) is 4.85. The molecule has 2 rings (SSSR count). The largest absolute Gasteiger partial charge is 0.495 e. The number of hydrogen-bond donors (Lipinski definition) is 1. The molecule has 22 heavy (non-hydrogen) atoms. The molecule has 1 aromatic rings. The average molecular weight is 347 g/mol. The van der Waals surface area contributed by atoms with Gasteiger partial charge in [-0.15, -0.1) is 0 Å². The van der Waals surface area contributed by atoms with Crippen molar-refractivity contribution in [3.8, 4) is 5.75 Å². The smallest absolute Gasteiger partial charge is 0.243 e. The molecule has 1 aliphatic rings. The minimum atomic E-state index is -3.69. The second-order valence-corrected chi connectivity index (χ2v) is 7.63. The number of nitrogens with zero attached hydrogens (tertiary/aromatic N) is 1. The highest BCUT2D eigenvalue weighted by Gasteiger charge is 2.34. The Hall–Kier alpha value is -1.47. The van der Waals surface area contributed by atoms with E-state index in [0.717, 1.165) is 23.4 Å². The number of amides is 1. The van der Waals surface area contributed by atoms with E-state index in [9.17, 15) is 13.2 Å². The minimum absolute atomic E-state index is 0.151. The van der Waals surface area contributed by atoms with Crippen molar-refractivity contribution in [2.24, 2.45) is 0 Å². The van der Waals surface area contributed by atoms with Crippen LogP contribution in [0.5, 0.6) is 5.75 Å². The topological polar surface area (TPSA) is 75.7 Å². The SMILES string of the molecule is COc1ccc(Cl)cc1N(C(C)C(=O)NC1CC1)S(C)(=O)=O. The van der Waals surface area contributed by atoms with Crippen LogP contribution in [-0.4, -0.2) is 39.8 Å². The predicted molar refractivity (Wildman–Crippen MR) is 86.0 cm³/mol. The maximum Gasteiger partial charge on any atom is 0.243 e. The number of carbonyl (C=O) groups is 1. The summed E-state index contributed by atoms with van der Waals surface area (Å²) in [6.45, 7) is 1.54. The number of carbonyl (C=O) groups excluding carboxylic acids is 1. The normalized spacial score (nSPS) is 16.0. The molecule has 0 radical (unpaired) electrons. The van der Waals surface area contributed by atoms with E-state index in [0.29, 0.717) is 10.8 Å². The lowest BCUT2D eigenvalue weighted by atomic mass is 10.2. The van der Waals surface area contributed by atoms with E-state index < -0.39 is 16.1 Å². The summed E-state index contributed by atoms with van der Waals surface area (Å²) in [6, 6.07) is 3.89. The van der Waals surface area contributed by atoms with Gasteiger partial charge in [-0.3, -0.25) is 9.10 Å². The summed E-state index contributed by atoms with van der Waals surface area (Å²) >= 11 is 5.97. The van der Waals surface area contributed by atoms with E-state index in [-0.39, 0.29) is 17.6 Å². The number of rotatable bonds is 6. The Morgan fingerprint density at radius 3 is 2.59 bits per heavy atom. The fraction of sp³-hybridized carbons (Fsp3) is 0.500. The first kappa shape index (κ1) is 16.9. The van der Waals surface area contributed by atoms with Gasteiger partial charge < -0.3 is 10.1 Å². The van der Waals surface area contributed by atoms with Crippen molar-refractivity contribution in [3.63, 3.8) is 0 Å². The van der Waals surface area contributed by atoms with Crippen molar-refractivity contribution < 1.29 is 17.9 Å². The monoisotopic (exact) mass is 346 g/mol. The van der Waals surface area contributed by atoms with E-state index in [2.05, 4.69) is 5.32 Å².